The van der Waals surface area contributed by atoms with Gasteiger partial charge in [0, 0.05) is 23.3 Å². The first-order chi connectivity index (χ1) is 13.2. The third-order valence-electron chi connectivity index (χ3n) is 4.20. The van der Waals surface area contributed by atoms with Gasteiger partial charge in [0.25, 0.3) is 5.91 Å². The number of benzene rings is 2. The summed E-state index contributed by atoms with van der Waals surface area (Å²) in [6.07, 6.45) is -1.69. The van der Waals surface area contributed by atoms with Gasteiger partial charge in [-0.2, -0.15) is 13.2 Å². The van der Waals surface area contributed by atoms with E-state index in [0.717, 1.165) is 12.1 Å². The Kier molecular flexibility index (Phi) is 5.38. The molecule has 1 aromatic heterocycles. The second-order valence-corrected chi connectivity index (χ2v) is 6.59. The standard InChI is InChI=1S/C20H15ClF3N3O/c1-12-9-13(20(22,23)24)3-8-16(12)17-10-25-11-18(26-17)19(28)27(2)15-6-4-14(21)5-7-15/h3-11H,1-2H3. The van der Waals surface area contributed by atoms with Gasteiger partial charge in [-0.05, 0) is 48.9 Å². The van der Waals surface area contributed by atoms with E-state index in [2.05, 4.69) is 9.97 Å². The summed E-state index contributed by atoms with van der Waals surface area (Å²) >= 11 is 5.86. The number of anilines is 1. The number of halogens is 4. The topological polar surface area (TPSA) is 46.1 Å². The van der Waals surface area contributed by atoms with Crippen LogP contribution in [0.25, 0.3) is 11.3 Å². The molecule has 3 aromatic rings. The molecule has 8 heteroatoms. The van der Waals surface area contributed by atoms with E-state index in [4.69, 9.17) is 11.6 Å². The summed E-state index contributed by atoms with van der Waals surface area (Å²) in [6, 6.07) is 10.1. The van der Waals surface area contributed by atoms with Crippen LogP contribution in [-0.2, 0) is 6.18 Å². The highest BCUT2D eigenvalue weighted by atomic mass is 35.5. The lowest BCUT2D eigenvalue weighted by Crippen LogP contribution is -2.27. The van der Waals surface area contributed by atoms with Crippen LogP contribution in [0.1, 0.15) is 21.6 Å². The SMILES string of the molecule is Cc1cc(C(F)(F)F)ccc1-c1cncc(C(=O)N(C)c2ccc(Cl)cc2)n1. The molecular formula is C20H15ClF3N3O. The monoisotopic (exact) mass is 405 g/mol. The van der Waals surface area contributed by atoms with Crippen molar-refractivity contribution in [1.82, 2.24) is 9.97 Å². The highest BCUT2D eigenvalue weighted by molar-refractivity contribution is 6.30. The number of alkyl halides is 3. The second-order valence-electron chi connectivity index (χ2n) is 6.16. The third kappa shape index (κ3) is 4.14. The number of aromatic nitrogens is 2. The predicted octanol–water partition coefficient (Wildman–Crippen LogP) is 5.40. The van der Waals surface area contributed by atoms with E-state index in [1.807, 2.05) is 0 Å². The number of rotatable bonds is 3. The van der Waals surface area contributed by atoms with Crippen molar-refractivity contribution in [3.05, 3.63) is 76.7 Å². The zero-order valence-electron chi connectivity index (χ0n) is 15.0. The van der Waals surface area contributed by atoms with Crippen molar-refractivity contribution in [3.8, 4) is 11.3 Å². The number of hydrogen-bond acceptors (Lipinski definition) is 3. The molecule has 0 fully saturated rings. The summed E-state index contributed by atoms with van der Waals surface area (Å²) in [5, 5.41) is 0.546. The zero-order chi connectivity index (χ0) is 20.5. The van der Waals surface area contributed by atoms with Gasteiger partial charge in [0.1, 0.15) is 5.69 Å². The van der Waals surface area contributed by atoms with Crippen LogP contribution < -0.4 is 4.90 Å². The molecule has 28 heavy (non-hydrogen) atoms. The fourth-order valence-corrected chi connectivity index (χ4v) is 2.81. The van der Waals surface area contributed by atoms with Gasteiger partial charge in [0.15, 0.2) is 0 Å². The lowest BCUT2D eigenvalue weighted by molar-refractivity contribution is -0.137. The van der Waals surface area contributed by atoms with Crippen LogP contribution in [0, 0.1) is 6.92 Å². The minimum Gasteiger partial charge on any atom is -0.310 e. The highest BCUT2D eigenvalue weighted by Crippen LogP contribution is 2.32. The maximum Gasteiger partial charge on any atom is 0.416 e. The van der Waals surface area contributed by atoms with Gasteiger partial charge < -0.3 is 4.90 Å². The Morgan fingerprint density at radius 3 is 2.36 bits per heavy atom. The Bertz CT molecular complexity index is 1020. The molecule has 0 saturated heterocycles. The van der Waals surface area contributed by atoms with E-state index in [-0.39, 0.29) is 5.69 Å². The maximum atomic E-state index is 12.9. The molecule has 0 spiro atoms. The van der Waals surface area contributed by atoms with Gasteiger partial charge in [-0.25, -0.2) is 4.98 Å². The fraction of sp³-hybridized carbons (Fsp3) is 0.150. The maximum absolute atomic E-state index is 12.9. The van der Waals surface area contributed by atoms with Gasteiger partial charge in [-0.3, -0.25) is 9.78 Å². The van der Waals surface area contributed by atoms with E-state index >= 15 is 0 Å². The Labute approximate surface area is 164 Å². The smallest absolute Gasteiger partial charge is 0.310 e. The quantitative estimate of drug-likeness (QED) is 0.586. The van der Waals surface area contributed by atoms with Crippen LogP contribution in [0.3, 0.4) is 0 Å². The molecule has 0 unspecified atom stereocenters. The Hall–Kier alpha value is -2.93. The molecule has 1 heterocycles. The van der Waals surface area contributed by atoms with Crippen molar-refractivity contribution in [3.63, 3.8) is 0 Å². The summed E-state index contributed by atoms with van der Waals surface area (Å²) in [5.41, 5.74) is 1.14. The van der Waals surface area contributed by atoms with Crippen LogP contribution in [0.4, 0.5) is 18.9 Å². The molecule has 0 aliphatic carbocycles. The fourth-order valence-electron chi connectivity index (χ4n) is 2.68. The molecule has 0 bridgehead atoms. The normalized spacial score (nSPS) is 11.4. The molecule has 0 saturated carbocycles. The first kappa shape index (κ1) is 19.8. The summed E-state index contributed by atoms with van der Waals surface area (Å²) in [5.74, 6) is -0.402. The molecule has 3 rings (SSSR count). The second kappa shape index (κ2) is 7.59. The Balaban J connectivity index is 1.92. The molecule has 0 radical (unpaired) electrons. The minimum atomic E-state index is -4.42. The summed E-state index contributed by atoms with van der Waals surface area (Å²) in [4.78, 5) is 22.4. The van der Waals surface area contributed by atoms with E-state index in [9.17, 15) is 18.0 Å². The molecule has 0 aliphatic rings. The van der Waals surface area contributed by atoms with Crippen molar-refractivity contribution in [2.24, 2.45) is 0 Å². The van der Waals surface area contributed by atoms with Gasteiger partial charge in [-0.1, -0.05) is 17.7 Å². The zero-order valence-corrected chi connectivity index (χ0v) is 15.7. The summed E-state index contributed by atoms with van der Waals surface area (Å²) in [6.45, 7) is 1.56. The van der Waals surface area contributed by atoms with Crippen molar-refractivity contribution < 1.29 is 18.0 Å². The van der Waals surface area contributed by atoms with Gasteiger partial charge >= 0.3 is 6.18 Å². The van der Waals surface area contributed by atoms with Gasteiger partial charge in [0.2, 0.25) is 0 Å². The predicted molar refractivity (Wildman–Crippen MR) is 101 cm³/mol. The third-order valence-corrected chi connectivity index (χ3v) is 4.45. The van der Waals surface area contributed by atoms with Crippen LogP contribution in [0.2, 0.25) is 5.02 Å². The summed E-state index contributed by atoms with van der Waals surface area (Å²) in [7, 11) is 1.59. The number of amides is 1. The van der Waals surface area contributed by atoms with Crippen molar-refractivity contribution in [2.75, 3.05) is 11.9 Å². The number of hydrogen-bond donors (Lipinski definition) is 0. The molecule has 2 aromatic carbocycles. The van der Waals surface area contributed by atoms with E-state index < -0.39 is 17.6 Å². The molecule has 144 valence electrons. The Morgan fingerprint density at radius 2 is 1.75 bits per heavy atom. The summed E-state index contributed by atoms with van der Waals surface area (Å²) < 4.78 is 38.6. The first-order valence-electron chi connectivity index (χ1n) is 8.20. The molecular weight excluding hydrogens is 391 g/mol. The van der Waals surface area contributed by atoms with Gasteiger partial charge in [0.05, 0.1) is 23.7 Å². The average Bonchev–Trinajstić information content (AvgIpc) is 2.66. The molecule has 1 amide bonds. The lowest BCUT2D eigenvalue weighted by atomic mass is 10.0. The number of carbonyl (C=O) groups is 1. The van der Waals surface area contributed by atoms with Crippen LogP contribution in [-0.4, -0.2) is 22.9 Å². The molecule has 0 aliphatic heterocycles. The number of aryl methyl sites for hydroxylation is 1. The van der Waals surface area contributed by atoms with Crippen molar-refractivity contribution in [1.29, 1.82) is 0 Å². The number of nitrogens with zero attached hydrogens (tertiary/aromatic N) is 3. The van der Waals surface area contributed by atoms with E-state index in [1.165, 1.54) is 23.4 Å². The first-order valence-corrected chi connectivity index (χ1v) is 8.58. The lowest BCUT2D eigenvalue weighted by Gasteiger charge is -2.17. The van der Waals surface area contributed by atoms with E-state index in [0.29, 0.717) is 27.5 Å². The van der Waals surface area contributed by atoms with Crippen LogP contribution in [0.5, 0.6) is 0 Å². The van der Waals surface area contributed by atoms with Crippen molar-refractivity contribution >= 4 is 23.2 Å². The largest absolute Gasteiger partial charge is 0.416 e. The van der Waals surface area contributed by atoms with Gasteiger partial charge in [-0.15, -0.1) is 0 Å². The highest BCUT2D eigenvalue weighted by Gasteiger charge is 2.30. The Morgan fingerprint density at radius 1 is 1.07 bits per heavy atom. The van der Waals surface area contributed by atoms with Crippen LogP contribution >= 0.6 is 11.6 Å². The van der Waals surface area contributed by atoms with E-state index in [1.54, 1.807) is 38.2 Å². The molecule has 4 nitrogen and oxygen atoms in total. The van der Waals surface area contributed by atoms with Crippen molar-refractivity contribution in [2.45, 2.75) is 13.1 Å². The average molecular weight is 406 g/mol. The molecule has 0 N–H and O–H groups in total. The number of carbonyl (C=O) groups excluding carboxylic acids is 1. The molecule has 0 atom stereocenters. The van der Waals surface area contributed by atoms with Crippen LogP contribution in [0.15, 0.2) is 54.9 Å². The minimum absolute atomic E-state index is 0.0780.